The average molecular weight is 211 g/mol. The number of rotatable bonds is 1. The van der Waals surface area contributed by atoms with Crippen LogP contribution in [-0.2, 0) is 6.42 Å². The lowest BCUT2D eigenvalue weighted by Gasteiger charge is -2.03. The van der Waals surface area contributed by atoms with Crippen molar-refractivity contribution in [2.45, 2.75) is 6.42 Å². The lowest BCUT2D eigenvalue weighted by molar-refractivity contribution is 0.606. The molecule has 0 aliphatic heterocycles. The molecule has 0 unspecified atom stereocenters. The first kappa shape index (κ1) is 11.1. The Bertz CT molecular complexity index is 607. The molecule has 0 aliphatic rings. The number of nitrogens with zero attached hydrogens (tertiary/aromatic N) is 5. The van der Waals surface area contributed by atoms with Gasteiger partial charge in [0.15, 0.2) is 11.5 Å². The van der Waals surface area contributed by atoms with Gasteiger partial charge in [-0.05, 0) is 0 Å². The number of hydrogen-bond donors (Lipinski definition) is 0. The minimum absolute atomic E-state index is 0.249. The minimum Gasteiger partial charge on any atom is -0.224 e. The summed E-state index contributed by atoms with van der Waals surface area (Å²) in [4.78, 5) is 3.52. The van der Waals surface area contributed by atoms with Crippen LogP contribution in [0.2, 0.25) is 0 Å². The lowest BCUT2D eigenvalue weighted by atomic mass is 10.1. The molecule has 1 aromatic rings. The molecule has 0 amide bonds. The third-order valence-corrected chi connectivity index (χ3v) is 1.81. The molecule has 0 saturated heterocycles. The van der Waals surface area contributed by atoms with E-state index in [1.807, 2.05) is 0 Å². The Morgan fingerprint density at radius 3 is 2.06 bits per heavy atom. The highest BCUT2D eigenvalue weighted by Crippen LogP contribution is 2.18. The molecule has 0 saturated carbocycles. The third kappa shape index (κ3) is 1.64. The van der Waals surface area contributed by atoms with Gasteiger partial charge in [0.1, 0.15) is 29.5 Å². The van der Waals surface area contributed by atoms with Gasteiger partial charge >= 0.3 is 0 Å². The highest BCUT2D eigenvalue weighted by atomic mass is 19.1. The highest BCUT2D eigenvalue weighted by molar-refractivity contribution is 5.49. The maximum Gasteiger partial charge on any atom is 0.162 e. The van der Waals surface area contributed by atoms with Gasteiger partial charge in [0.25, 0.3) is 0 Å². The summed E-state index contributed by atoms with van der Waals surface area (Å²) in [5, 5.41) is 34.4. The summed E-state index contributed by atoms with van der Waals surface area (Å²) in [5.41, 5.74) is -1.57. The van der Waals surface area contributed by atoms with Crippen LogP contribution in [0, 0.1) is 51.1 Å². The van der Waals surface area contributed by atoms with Crippen LogP contribution in [0.1, 0.15) is 22.5 Å². The second kappa shape index (κ2) is 4.51. The summed E-state index contributed by atoms with van der Waals surface area (Å²) >= 11 is 0. The van der Waals surface area contributed by atoms with E-state index in [1.165, 1.54) is 12.1 Å². The summed E-state index contributed by atoms with van der Waals surface area (Å²) < 4.78 is 13.6. The van der Waals surface area contributed by atoms with Crippen molar-refractivity contribution in [2.75, 3.05) is 0 Å². The van der Waals surface area contributed by atoms with Crippen LogP contribution in [0.5, 0.6) is 0 Å². The van der Waals surface area contributed by atoms with Gasteiger partial charge in [-0.2, -0.15) is 21.0 Å². The van der Waals surface area contributed by atoms with Crippen LogP contribution < -0.4 is 0 Å². The summed E-state index contributed by atoms with van der Waals surface area (Å²) in [6.07, 6.45) is -0.373. The first-order valence-corrected chi connectivity index (χ1v) is 3.99. The SMILES string of the molecule is N#CCc1c(C#N)nc(C#N)c(C#N)c1F. The van der Waals surface area contributed by atoms with Gasteiger partial charge in [-0.1, -0.05) is 0 Å². The summed E-state index contributed by atoms with van der Waals surface area (Å²) in [6, 6.07) is 6.26. The highest BCUT2D eigenvalue weighted by Gasteiger charge is 2.19. The van der Waals surface area contributed by atoms with Crippen molar-refractivity contribution in [3.05, 3.63) is 28.3 Å². The number of aromatic nitrogens is 1. The number of hydrogen-bond acceptors (Lipinski definition) is 5. The van der Waals surface area contributed by atoms with E-state index in [0.717, 1.165) is 0 Å². The molecule has 0 aromatic carbocycles. The third-order valence-electron chi connectivity index (χ3n) is 1.81. The van der Waals surface area contributed by atoms with Crippen molar-refractivity contribution in [3.8, 4) is 24.3 Å². The predicted molar refractivity (Wildman–Crippen MR) is 47.7 cm³/mol. The predicted octanol–water partition coefficient (Wildman–Crippen LogP) is 0.902. The molecule has 1 aromatic heterocycles. The van der Waals surface area contributed by atoms with Crippen LogP contribution in [-0.4, -0.2) is 4.98 Å². The zero-order valence-electron chi connectivity index (χ0n) is 7.82. The standard InChI is InChI=1S/C10H2FN5/c11-10-6(1-2-12)8(4-14)16-9(5-15)7(10)3-13/h1H2. The van der Waals surface area contributed by atoms with E-state index in [9.17, 15) is 4.39 Å². The average Bonchev–Trinajstić information content (AvgIpc) is 2.31. The fourth-order valence-electron chi connectivity index (χ4n) is 1.11. The van der Waals surface area contributed by atoms with E-state index in [1.54, 1.807) is 12.1 Å². The quantitative estimate of drug-likeness (QED) is 0.685. The molecule has 0 aliphatic carbocycles. The Morgan fingerprint density at radius 1 is 1.00 bits per heavy atom. The Balaban J connectivity index is 3.68. The van der Waals surface area contributed by atoms with E-state index < -0.39 is 17.1 Å². The van der Waals surface area contributed by atoms with Crippen molar-refractivity contribution < 1.29 is 4.39 Å². The molecule has 74 valence electrons. The topological polar surface area (TPSA) is 108 Å². The molecular weight excluding hydrogens is 209 g/mol. The van der Waals surface area contributed by atoms with Crippen molar-refractivity contribution in [3.63, 3.8) is 0 Å². The number of nitriles is 4. The molecule has 1 rings (SSSR count). The number of pyridine rings is 1. The van der Waals surface area contributed by atoms with Crippen molar-refractivity contribution >= 4 is 0 Å². The summed E-state index contributed by atoms with van der Waals surface area (Å²) in [7, 11) is 0. The second-order valence-corrected chi connectivity index (χ2v) is 2.65. The number of halogens is 1. The van der Waals surface area contributed by atoms with Crippen LogP contribution in [0.15, 0.2) is 0 Å². The molecule has 0 fully saturated rings. The zero-order valence-corrected chi connectivity index (χ0v) is 7.82. The molecule has 16 heavy (non-hydrogen) atoms. The summed E-state index contributed by atoms with van der Waals surface area (Å²) in [5.74, 6) is -1.02. The van der Waals surface area contributed by atoms with Crippen LogP contribution in [0.3, 0.4) is 0 Å². The molecule has 6 heteroatoms. The molecular formula is C10H2FN5. The van der Waals surface area contributed by atoms with Crippen molar-refractivity contribution in [1.29, 1.82) is 21.0 Å². The van der Waals surface area contributed by atoms with E-state index in [-0.39, 0.29) is 17.7 Å². The molecule has 0 radical (unpaired) electrons. The largest absolute Gasteiger partial charge is 0.224 e. The maximum absolute atomic E-state index is 13.6. The Labute approximate surface area is 90.2 Å². The van der Waals surface area contributed by atoms with Gasteiger partial charge in [0.05, 0.1) is 12.5 Å². The molecule has 0 spiro atoms. The lowest BCUT2D eigenvalue weighted by Crippen LogP contribution is -2.05. The van der Waals surface area contributed by atoms with Crippen LogP contribution in [0.4, 0.5) is 4.39 Å². The van der Waals surface area contributed by atoms with Gasteiger partial charge in [0, 0.05) is 5.56 Å². The maximum atomic E-state index is 13.6. The fraction of sp³-hybridized carbons (Fsp3) is 0.100. The molecule has 0 bridgehead atoms. The smallest absolute Gasteiger partial charge is 0.162 e. The minimum atomic E-state index is -1.02. The van der Waals surface area contributed by atoms with Gasteiger partial charge in [-0.15, -0.1) is 0 Å². The van der Waals surface area contributed by atoms with Gasteiger partial charge < -0.3 is 0 Å². The zero-order chi connectivity index (χ0) is 12.1. The van der Waals surface area contributed by atoms with Gasteiger partial charge in [-0.25, -0.2) is 9.37 Å². The van der Waals surface area contributed by atoms with Gasteiger partial charge in [-0.3, -0.25) is 0 Å². The van der Waals surface area contributed by atoms with Crippen LogP contribution in [0.25, 0.3) is 0 Å². The molecule has 0 atom stereocenters. The Morgan fingerprint density at radius 2 is 1.62 bits per heavy atom. The Hall–Kier alpha value is -2.96. The van der Waals surface area contributed by atoms with E-state index in [4.69, 9.17) is 21.0 Å². The van der Waals surface area contributed by atoms with Crippen molar-refractivity contribution in [1.82, 2.24) is 4.98 Å². The van der Waals surface area contributed by atoms with Gasteiger partial charge in [0.2, 0.25) is 0 Å². The summed E-state index contributed by atoms with van der Waals surface area (Å²) in [6.45, 7) is 0. The van der Waals surface area contributed by atoms with E-state index in [0.29, 0.717) is 0 Å². The first-order valence-electron chi connectivity index (χ1n) is 3.99. The Kier molecular flexibility index (Phi) is 3.13. The van der Waals surface area contributed by atoms with Crippen molar-refractivity contribution in [2.24, 2.45) is 0 Å². The second-order valence-electron chi connectivity index (χ2n) is 2.65. The molecule has 1 heterocycles. The van der Waals surface area contributed by atoms with E-state index >= 15 is 0 Å². The molecule has 5 nitrogen and oxygen atoms in total. The monoisotopic (exact) mass is 211 g/mol. The fourth-order valence-corrected chi connectivity index (χ4v) is 1.11. The first-order chi connectivity index (χ1) is 7.69. The van der Waals surface area contributed by atoms with E-state index in [2.05, 4.69) is 4.98 Å². The van der Waals surface area contributed by atoms with Crippen LogP contribution >= 0.6 is 0 Å². The normalized spacial score (nSPS) is 8.31. The molecule has 0 N–H and O–H groups in total.